The Balaban J connectivity index is 1.14. The molecule has 0 aromatic heterocycles. The number of hydrogen-bond donors (Lipinski definition) is 2. The maximum Gasteiger partial charge on any atom is 0.309 e. The average Bonchev–Trinajstić information content (AvgIpc) is 2.84. The summed E-state index contributed by atoms with van der Waals surface area (Å²) in [5, 5.41) is 5.65. The first-order valence-electron chi connectivity index (χ1n) is 13.5. The van der Waals surface area contributed by atoms with Crippen molar-refractivity contribution in [2.75, 3.05) is 44.6 Å². The van der Waals surface area contributed by atoms with Crippen molar-refractivity contribution in [2.45, 2.75) is 76.9 Å². The zero-order valence-corrected chi connectivity index (χ0v) is 22.1. The summed E-state index contributed by atoms with van der Waals surface area (Å²) in [6.45, 7) is 12.1. The Hall–Kier alpha value is -2.45. The van der Waals surface area contributed by atoms with Gasteiger partial charge in [-0.25, -0.2) is 0 Å². The van der Waals surface area contributed by atoms with Gasteiger partial charge in [0.25, 0.3) is 0 Å². The third kappa shape index (κ3) is 7.53. The van der Waals surface area contributed by atoms with Crippen LogP contribution in [-0.2, 0) is 19.1 Å². The molecule has 36 heavy (non-hydrogen) atoms. The van der Waals surface area contributed by atoms with E-state index in [1.54, 1.807) is 0 Å². The maximum absolute atomic E-state index is 12.3. The minimum atomic E-state index is -0.408. The number of benzene rings is 1. The molecule has 0 aliphatic carbocycles. The van der Waals surface area contributed by atoms with Crippen LogP contribution in [0.3, 0.4) is 0 Å². The Morgan fingerprint density at radius 2 is 1.53 bits per heavy atom. The Morgan fingerprint density at radius 3 is 2.08 bits per heavy atom. The standard InChI is InChI=1S/C28H42N4O4/c1-28(2,3)36-27(35)22-12-16-32(17-13-22)19-18-31-14-10-21(11-15-31)20-4-6-23(7-5-20)29-24-8-9-25(33)30-26(24)34/h4-7,21-22,24,29H,8-19H2,1-3H3,(H,30,33,34). The van der Waals surface area contributed by atoms with Crippen LogP contribution in [0, 0.1) is 5.92 Å². The SMILES string of the molecule is CC(C)(C)OC(=O)C1CCN(CCN2CCC(c3ccc(NC4CCC(=O)NC4=O)cc3)CC2)CC1. The molecule has 0 saturated carbocycles. The van der Waals surface area contributed by atoms with Crippen LogP contribution in [0.4, 0.5) is 5.69 Å². The van der Waals surface area contributed by atoms with Crippen molar-refractivity contribution in [3.8, 4) is 0 Å². The Bertz CT molecular complexity index is 910. The monoisotopic (exact) mass is 498 g/mol. The Morgan fingerprint density at radius 1 is 0.944 bits per heavy atom. The molecule has 3 aliphatic heterocycles. The van der Waals surface area contributed by atoms with Crippen LogP contribution in [0.1, 0.15) is 70.8 Å². The molecule has 1 atom stereocenters. The van der Waals surface area contributed by atoms with E-state index in [2.05, 4.69) is 32.6 Å². The molecule has 8 heteroatoms. The third-order valence-corrected chi connectivity index (χ3v) is 7.61. The quantitative estimate of drug-likeness (QED) is 0.441. The van der Waals surface area contributed by atoms with Gasteiger partial charge in [0.15, 0.2) is 0 Å². The number of nitrogens with zero attached hydrogens (tertiary/aromatic N) is 2. The van der Waals surface area contributed by atoms with Crippen LogP contribution < -0.4 is 10.6 Å². The Kier molecular flexibility index (Phi) is 8.67. The molecule has 0 spiro atoms. The van der Waals surface area contributed by atoms with Gasteiger partial charge in [0, 0.05) is 25.2 Å². The van der Waals surface area contributed by atoms with Gasteiger partial charge in [-0.2, -0.15) is 0 Å². The van der Waals surface area contributed by atoms with Crippen molar-refractivity contribution in [1.29, 1.82) is 0 Å². The van der Waals surface area contributed by atoms with E-state index in [4.69, 9.17) is 4.74 Å². The second kappa shape index (κ2) is 11.7. The fourth-order valence-electron chi connectivity index (χ4n) is 5.43. The van der Waals surface area contributed by atoms with E-state index < -0.39 is 5.60 Å². The summed E-state index contributed by atoms with van der Waals surface area (Å²) in [5.74, 6) is 0.138. The minimum absolute atomic E-state index is 0.0380. The molecule has 3 saturated heterocycles. The molecule has 1 aromatic rings. The van der Waals surface area contributed by atoms with Crippen molar-refractivity contribution in [3.63, 3.8) is 0 Å². The van der Waals surface area contributed by atoms with Gasteiger partial charge in [0.2, 0.25) is 11.8 Å². The number of anilines is 1. The first-order chi connectivity index (χ1) is 17.2. The molecular formula is C28H42N4O4. The fourth-order valence-corrected chi connectivity index (χ4v) is 5.43. The van der Waals surface area contributed by atoms with Crippen LogP contribution >= 0.6 is 0 Å². The van der Waals surface area contributed by atoms with Gasteiger partial charge >= 0.3 is 5.97 Å². The number of ether oxygens (including phenoxy) is 1. The molecule has 8 nitrogen and oxygen atoms in total. The smallest absolute Gasteiger partial charge is 0.309 e. The number of piperidine rings is 3. The van der Waals surface area contributed by atoms with Gasteiger partial charge in [0.05, 0.1) is 5.92 Å². The topological polar surface area (TPSA) is 91.0 Å². The highest BCUT2D eigenvalue weighted by molar-refractivity contribution is 6.01. The van der Waals surface area contributed by atoms with E-state index in [9.17, 15) is 14.4 Å². The van der Waals surface area contributed by atoms with Crippen LogP contribution in [0.15, 0.2) is 24.3 Å². The minimum Gasteiger partial charge on any atom is -0.460 e. The van der Waals surface area contributed by atoms with Gasteiger partial charge in [-0.15, -0.1) is 0 Å². The first kappa shape index (κ1) is 26.6. The van der Waals surface area contributed by atoms with Gasteiger partial charge in [-0.1, -0.05) is 12.1 Å². The first-order valence-corrected chi connectivity index (χ1v) is 13.5. The second-order valence-electron chi connectivity index (χ2n) is 11.5. The average molecular weight is 499 g/mol. The van der Waals surface area contributed by atoms with Crippen LogP contribution in [0.25, 0.3) is 0 Å². The summed E-state index contributed by atoms with van der Waals surface area (Å²) in [6.07, 6.45) is 5.01. The predicted octanol–water partition coefficient (Wildman–Crippen LogP) is 3.14. The van der Waals surface area contributed by atoms with Crippen molar-refractivity contribution < 1.29 is 19.1 Å². The van der Waals surface area contributed by atoms with Crippen LogP contribution in [0.5, 0.6) is 0 Å². The lowest BCUT2D eigenvalue weighted by Gasteiger charge is -2.36. The maximum atomic E-state index is 12.3. The van der Waals surface area contributed by atoms with Gasteiger partial charge in [-0.05, 0) is 103 Å². The molecule has 198 valence electrons. The van der Waals surface area contributed by atoms with E-state index in [1.807, 2.05) is 32.9 Å². The molecular weight excluding hydrogens is 456 g/mol. The van der Waals surface area contributed by atoms with E-state index >= 15 is 0 Å². The number of nitrogens with one attached hydrogen (secondary N) is 2. The summed E-state index contributed by atoms with van der Waals surface area (Å²) in [5.41, 5.74) is 1.86. The van der Waals surface area contributed by atoms with E-state index in [0.29, 0.717) is 18.8 Å². The molecule has 2 amide bonds. The number of imide groups is 1. The fraction of sp³-hybridized carbons (Fsp3) is 0.679. The lowest BCUT2D eigenvalue weighted by atomic mass is 9.89. The third-order valence-electron chi connectivity index (χ3n) is 7.61. The lowest BCUT2D eigenvalue weighted by Crippen LogP contribution is -2.47. The molecule has 4 rings (SSSR count). The molecule has 2 N–H and O–H groups in total. The molecule has 0 radical (unpaired) electrons. The van der Waals surface area contributed by atoms with Crippen molar-refractivity contribution in [2.24, 2.45) is 5.92 Å². The van der Waals surface area contributed by atoms with Crippen LogP contribution in [-0.4, -0.2) is 78.5 Å². The highest BCUT2D eigenvalue weighted by Crippen LogP contribution is 2.29. The van der Waals surface area contributed by atoms with Crippen molar-refractivity contribution in [1.82, 2.24) is 15.1 Å². The highest BCUT2D eigenvalue weighted by atomic mass is 16.6. The van der Waals surface area contributed by atoms with E-state index in [-0.39, 0.29) is 29.7 Å². The summed E-state index contributed by atoms with van der Waals surface area (Å²) in [6, 6.07) is 8.09. The number of rotatable bonds is 7. The van der Waals surface area contributed by atoms with Crippen LogP contribution in [0.2, 0.25) is 0 Å². The lowest BCUT2D eigenvalue weighted by molar-refractivity contribution is -0.161. The molecule has 1 unspecified atom stereocenters. The Labute approximate surface area is 215 Å². The molecule has 3 aliphatic rings. The van der Waals surface area contributed by atoms with E-state index in [0.717, 1.165) is 70.6 Å². The number of likely N-dealkylation sites (tertiary alicyclic amines) is 2. The van der Waals surface area contributed by atoms with Gasteiger partial charge in [0.1, 0.15) is 11.6 Å². The largest absolute Gasteiger partial charge is 0.460 e. The molecule has 3 heterocycles. The van der Waals surface area contributed by atoms with E-state index in [1.165, 1.54) is 5.56 Å². The number of carbonyl (C=O) groups excluding carboxylic acids is 3. The highest BCUT2D eigenvalue weighted by Gasteiger charge is 2.30. The van der Waals surface area contributed by atoms with Gasteiger partial charge in [-0.3, -0.25) is 19.7 Å². The van der Waals surface area contributed by atoms with Crippen molar-refractivity contribution >= 4 is 23.5 Å². The number of amides is 2. The summed E-state index contributed by atoms with van der Waals surface area (Å²) in [7, 11) is 0. The van der Waals surface area contributed by atoms with Crippen molar-refractivity contribution in [3.05, 3.63) is 29.8 Å². The summed E-state index contributed by atoms with van der Waals surface area (Å²) < 4.78 is 5.57. The molecule has 1 aromatic carbocycles. The molecule has 3 fully saturated rings. The predicted molar refractivity (Wildman–Crippen MR) is 140 cm³/mol. The van der Waals surface area contributed by atoms with Gasteiger partial charge < -0.3 is 19.9 Å². The zero-order valence-electron chi connectivity index (χ0n) is 22.1. The number of carbonyl (C=O) groups is 3. The second-order valence-corrected chi connectivity index (χ2v) is 11.5. The summed E-state index contributed by atoms with van der Waals surface area (Å²) >= 11 is 0. The number of hydrogen-bond acceptors (Lipinski definition) is 7. The normalized spacial score (nSPS) is 23.4. The summed E-state index contributed by atoms with van der Waals surface area (Å²) in [4.78, 5) is 40.7. The molecule has 0 bridgehead atoms. The number of esters is 1. The zero-order chi connectivity index (χ0) is 25.7.